The monoisotopic (exact) mass is 387 g/mol. The number of aromatic nitrogens is 1. The molecule has 1 aromatic rings. The Morgan fingerprint density at radius 2 is 2.14 bits per heavy atom. The van der Waals surface area contributed by atoms with Gasteiger partial charge in [0.05, 0.1) is 22.4 Å². The highest BCUT2D eigenvalue weighted by Gasteiger charge is 2.41. The molecule has 0 radical (unpaired) electrons. The summed E-state index contributed by atoms with van der Waals surface area (Å²) in [6.45, 7) is 0.370. The van der Waals surface area contributed by atoms with Crippen LogP contribution in [0.1, 0.15) is 32.1 Å². The number of anilines is 1. The molecule has 1 saturated carbocycles. The molecule has 0 bridgehead atoms. The Labute approximate surface area is 141 Å². The zero-order valence-corrected chi connectivity index (χ0v) is 14.7. The summed E-state index contributed by atoms with van der Waals surface area (Å²) in [5, 5.41) is 0.544. The number of rotatable bonds is 3. The Hall–Kier alpha value is -1.15. The van der Waals surface area contributed by atoms with Crippen molar-refractivity contribution in [2.75, 3.05) is 18.5 Å². The summed E-state index contributed by atoms with van der Waals surface area (Å²) < 4.78 is 6.48. The van der Waals surface area contributed by atoms with Gasteiger partial charge in [-0.25, -0.2) is 14.7 Å². The molecule has 1 unspecified atom stereocenters. The maximum Gasteiger partial charge on any atom is 0.329 e. The Morgan fingerprint density at radius 3 is 2.77 bits per heavy atom. The molecule has 8 heteroatoms. The van der Waals surface area contributed by atoms with Crippen LogP contribution >= 0.6 is 27.3 Å². The minimum atomic E-state index is -0.593. The van der Waals surface area contributed by atoms with Gasteiger partial charge < -0.3 is 9.64 Å². The number of carbonyl (C=O) groups is 2. The molecule has 1 saturated heterocycles. The topological polar surface area (TPSA) is 62.7 Å². The van der Waals surface area contributed by atoms with Gasteiger partial charge in [-0.15, -0.1) is 0 Å². The fourth-order valence-electron chi connectivity index (χ4n) is 2.92. The van der Waals surface area contributed by atoms with E-state index in [0.29, 0.717) is 11.7 Å². The van der Waals surface area contributed by atoms with Crippen LogP contribution in [-0.4, -0.2) is 41.7 Å². The van der Waals surface area contributed by atoms with Crippen molar-refractivity contribution in [2.24, 2.45) is 5.92 Å². The summed E-state index contributed by atoms with van der Waals surface area (Å²) in [7, 11) is 1.70. The van der Waals surface area contributed by atoms with Crippen LogP contribution in [0.15, 0.2) is 9.98 Å². The van der Waals surface area contributed by atoms with Crippen LogP contribution < -0.4 is 4.90 Å². The standard InChI is InChI=1S/C14H18BrN3O3S/c1-17-8-11(21-12(19)9-5-3-2-4-6-9)18(14(17)20)13-16-7-10(15)22-13/h7,9,11H,2-6,8H2,1H3. The molecule has 1 aliphatic carbocycles. The van der Waals surface area contributed by atoms with E-state index in [-0.39, 0.29) is 17.9 Å². The summed E-state index contributed by atoms with van der Waals surface area (Å²) in [4.78, 5) is 31.9. The molecule has 2 heterocycles. The summed E-state index contributed by atoms with van der Waals surface area (Å²) in [5.74, 6) is -0.215. The molecular formula is C14H18BrN3O3S. The largest absolute Gasteiger partial charge is 0.439 e. The van der Waals surface area contributed by atoms with E-state index in [1.807, 2.05) is 0 Å². The third-order valence-corrected chi connectivity index (χ3v) is 5.59. The second-order valence-electron chi connectivity index (χ2n) is 5.71. The molecule has 2 fully saturated rings. The van der Waals surface area contributed by atoms with Gasteiger partial charge in [0.25, 0.3) is 0 Å². The van der Waals surface area contributed by atoms with Crippen LogP contribution in [-0.2, 0) is 9.53 Å². The molecule has 0 aromatic carbocycles. The van der Waals surface area contributed by atoms with E-state index in [9.17, 15) is 9.59 Å². The first-order chi connectivity index (χ1) is 10.6. The van der Waals surface area contributed by atoms with Gasteiger partial charge in [0.2, 0.25) is 6.23 Å². The lowest BCUT2D eigenvalue weighted by atomic mass is 9.89. The van der Waals surface area contributed by atoms with E-state index < -0.39 is 6.23 Å². The Bertz CT molecular complexity index is 573. The molecule has 0 spiro atoms. The lowest BCUT2D eigenvalue weighted by Crippen LogP contribution is -2.39. The molecule has 3 rings (SSSR count). The van der Waals surface area contributed by atoms with Crippen molar-refractivity contribution in [3.05, 3.63) is 9.98 Å². The quantitative estimate of drug-likeness (QED) is 0.746. The highest BCUT2D eigenvalue weighted by atomic mass is 79.9. The molecular weight excluding hydrogens is 370 g/mol. The molecule has 0 N–H and O–H groups in total. The lowest BCUT2D eigenvalue weighted by molar-refractivity contribution is -0.154. The zero-order valence-electron chi connectivity index (χ0n) is 12.3. The summed E-state index contributed by atoms with van der Waals surface area (Å²) in [5.41, 5.74) is 0. The average molecular weight is 388 g/mol. The predicted octanol–water partition coefficient (Wildman–Crippen LogP) is 3.23. The van der Waals surface area contributed by atoms with Crippen LogP contribution in [0.25, 0.3) is 0 Å². The highest BCUT2D eigenvalue weighted by molar-refractivity contribution is 9.11. The van der Waals surface area contributed by atoms with Crippen molar-refractivity contribution >= 4 is 44.4 Å². The third kappa shape index (κ3) is 3.12. The molecule has 22 heavy (non-hydrogen) atoms. The van der Waals surface area contributed by atoms with Crippen molar-refractivity contribution in [3.8, 4) is 0 Å². The van der Waals surface area contributed by atoms with Gasteiger partial charge in [-0.3, -0.25) is 4.79 Å². The van der Waals surface area contributed by atoms with Gasteiger partial charge in [-0.1, -0.05) is 30.6 Å². The fraction of sp³-hybridized carbons (Fsp3) is 0.643. The smallest absolute Gasteiger partial charge is 0.329 e. The first kappa shape index (κ1) is 15.7. The van der Waals surface area contributed by atoms with Crippen molar-refractivity contribution < 1.29 is 14.3 Å². The number of hydrogen-bond donors (Lipinski definition) is 0. The SMILES string of the molecule is CN1CC(OC(=O)C2CCCCC2)N(c2ncc(Br)s2)C1=O. The molecule has 1 atom stereocenters. The van der Waals surface area contributed by atoms with E-state index in [1.165, 1.54) is 22.7 Å². The number of urea groups is 1. The highest BCUT2D eigenvalue weighted by Crippen LogP contribution is 2.32. The minimum absolute atomic E-state index is 0.0281. The second-order valence-corrected chi connectivity index (χ2v) is 8.09. The lowest BCUT2D eigenvalue weighted by Gasteiger charge is -2.25. The van der Waals surface area contributed by atoms with E-state index >= 15 is 0 Å². The number of likely N-dealkylation sites (N-methyl/N-ethyl adjacent to an activating group) is 1. The number of thiazole rings is 1. The molecule has 1 aromatic heterocycles. The van der Waals surface area contributed by atoms with Crippen LogP contribution in [0.3, 0.4) is 0 Å². The number of carbonyl (C=O) groups excluding carboxylic acids is 2. The summed E-state index contributed by atoms with van der Waals surface area (Å²) in [6, 6.07) is -0.191. The number of nitrogens with zero attached hydrogens (tertiary/aromatic N) is 3. The summed E-state index contributed by atoms with van der Waals surface area (Å²) >= 11 is 4.69. The van der Waals surface area contributed by atoms with Crippen LogP contribution in [0, 0.1) is 5.92 Å². The maximum absolute atomic E-state index is 12.3. The zero-order chi connectivity index (χ0) is 15.7. The van der Waals surface area contributed by atoms with E-state index in [2.05, 4.69) is 20.9 Å². The van der Waals surface area contributed by atoms with Crippen LogP contribution in [0.4, 0.5) is 9.93 Å². The number of esters is 1. The van der Waals surface area contributed by atoms with Crippen molar-refractivity contribution in [1.29, 1.82) is 0 Å². The van der Waals surface area contributed by atoms with Gasteiger partial charge in [0.15, 0.2) is 5.13 Å². The Balaban J connectivity index is 1.73. The van der Waals surface area contributed by atoms with Crippen molar-refractivity contribution in [1.82, 2.24) is 9.88 Å². The second kappa shape index (κ2) is 6.54. The van der Waals surface area contributed by atoms with Crippen molar-refractivity contribution in [3.63, 3.8) is 0 Å². The molecule has 2 amide bonds. The average Bonchev–Trinajstić information content (AvgIpc) is 3.04. The van der Waals surface area contributed by atoms with Gasteiger partial charge in [0, 0.05) is 7.05 Å². The van der Waals surface area contributed by atoms with E-state index in [0.717, 1.165) is 29.5 Å². The first-order valence-electron chi connectivity index (χ1n) is 7.42. The van der Waals surface area contributed by atoms with Gasteiger partial charge in [-0.2, -0.15) is 0 Å². The Morgan fingerprint density at radius 1 is 1.41 bits per heavy atom. The third-order valence-electron chi connectivity index (χ3n) is 4.11. The van der Waals surface area contributed by atoms with Crippen LogP contribution in [0.5, 0.6) is 0 Å². The minimum Gasteiger partial charge on any atom is -0.439 e. The van der Waals surface area contributed by atoms with Gasteiger partial charge in [-0.05, 0) is 28.8 Å². The van der Waals surface area contributed by atoms with Crippen LogP contribution in [0.2, 0.25) is 0 Å². The summed E-state index contributed by atoms with van der Waals surface area (Å²) in [6.07, 6.45) is 6.17. The van der Waals surface area contributed by atoms with E-state index in [1.54, 1.807) is 18.1 Å². The van der Waals surface area contributed by atoms with Gasteiger partial charge in [0.1, 0.15) is 0 Å². The molecule has 6 nitrogen and oxygen atoms in total. The fourth-order valence-corrected chi connectivity index (χ4v) is 4.14. The number of halogens is 1. The number of amides is 2. The maximum atomic E-state index is 12.3. The van der Waals surface area contributed by atoms with E-state index in [4.69, 9.17) is 4.74 Å². The molecule has 1 aliphatic heterocycles. The molecule has 120 valence electrons. The Kier molecular flexibility index (Phi) is 4.67. The predicted molar refractivity (Wildman–Crippen MR) is 86.8 cm³/mol. The molecule has 2 aliphatic rings. The number of hydrogen-bond acceptors (Lipinski definition) is 5. The first-order valence-corrected chi connectivity index (χ1v) is 9.03. The normalized spacial score (nSPS) is 23.2. The van der Waals surface area contributed by atoms with Crippen molar-refractivity contribution in [2.45, 2.75) is 38.3 Å². The van der Waals surface area contributed by atoms with Gasteiger partial charge >= 0.3 is 12.0 Å². The number of ether oxygens (including phenoxy) is 1.